The Morgan fingerprint density at radius 1 is 0.653 bits per heavy atom. The highest BCUT2D eigenvalue weighted by molar-refractivity contribution is 9.10. The molecule has 6 aromatic heterocycles. The lowest BCUT2D eigenvalue weighted by Crippen LogP contribution is -2.30. The lowest BCUT2D eigenvalue weighted by Gasteiger charge is -2.11. The number of anilines is 2. The van der Waals surface area contributed by atoms with E-state index < -0.39 is 84.5 Å². The van der Waals surface area contributed by atoms with Gasteiger partial charge in [0, 0.05) is 48.2 Å². The van der Waals surface area contributed by atoms with Crippen LogP contribution in [-0.2, 0) is 20.0 Å². The molecule has 376 valence electrons. The fourth-order valence-electron chi connectivity index (χ4n) is 6.29. The molecule has 0 saturated carbocycles. The first-order valence-electron chi connectivity index (χ1n) is 20.7. The van der Waals surface area contributed by atoms with Crippen molar-refractivity contribution in [3.63, 3.8) is 0 Å². The number of methoxy groups -OCH3 is 2. The van der Waals surface area contributed by atoms with E-state index in [-0.39, 0.29) is 62.4 Å². The number of hydrogen-bond acceptors (Lipinski definition) is 18. The molecular formula is C42H38BBrF4N12O10S2. The maximum absolute atomic E-state index is 15.1. The van der Waals surface area contributed by atoms with Gasteiger partial charge in [0.05, 0.1) is 77.4 Å². The third-order valence-corrected chi connectivity index (χ3v) is 12.9. The second-order valence-electron chi connectivity index (χ2n) is 14.7. The molecule has 30 heteroatoms. The van der Waals surface area contributed by atoms with Crippen LogP contribution >= 0.6 is 15.9 Å². The zero-order valence-corrected chi connectivity index (χ0v) is 41.0. The van der Waals surface area contributed by atoms with Crippen LogP contribution in [0.25, 0.3) is 33.6 Å². The predicted molar refractivity (Wildman–Crippen MR) is 256 cm³/mol. The second kappa shape index (κ2) is 23.1. The molecule has 0 radical (unpaired) electrons. The Balaban J connectivity index is 0.000000198. The van der Waals surface area contributed by atoms with Gasteiger partial charge >= 0.3 is 19.1 Å². The third-order valence-electron chi connectivity index (χ3n) is 9.57. The van der Waals surface area contributed by atoms with Crippen molar-refractivity contribution in [2.75, 3.05) is 35.2 Å². The highest BCUT2D eigenvalue weighted by atomic mass is 79.9. The van der Waals surface area contributed by atoms with E-state index in [0.29, 0.717) is 28.7 Å². The van der Waals surface area contributed by atoms with Crippen molar-refractivity contribution in [1.29, 1.82) is 0 Å². The number of H-pyrrole nitrogens is 2. The highest BCUT2D eigenvalue weighted by Gasteiger charge is 2.28. The van der Waals surface area contributed by atoms with Crippen LogP contribution < -0.4 is 24.4 Å². The zero-order valence-electron chi connectivity index (χ0n) is 37.8. The van der Waals surface area contributed by atoms with Gasteiger partial charge in [-0.1, -0.05) is 13.8 Å². The average molecular weight is 1100 g/mol. The molecule has 0 aliphatic rings. The first-order chi connectivity index (χ1) is 34.2. The summed E-state index contributed by atoms with van der Waals surface area (Å²) in [6.07, 6.45) is 11.4. The number of rotatable bonds is 16. The fraction of sp³-hybridized carbons (Fsp3) is 0.190. The standard InChI is InChI=1S/C21H18F2N6O4S.C16H13BrF2N4O3S.C5H7BN2O3/c1-3-6-34(31,32)29-14-5-4-13(22)16(17(14)23)19(30)12-9-24-20-18(12)28-15(10-25-20)11-7-26-21(33-2)27-8-11;1-2-5-27(25,26)23-10-4-3-9(18)12(13(10)19)15(24)8-6-20-16-14(8)22-11(17)7-21-16;1-11-5-7-2-4(3-8-5)6(9)10/h4-5,7-10,29H,3,6H2,1-2H3,(H,24,25);3-4,6-7,23H,2,5H2,1H3,(H,20,21);2-3,9-10H,1H3. The van der Waals surface area contributed by atoms with Crippen molar-refractivity contribution in [1.82, 2.24) is 49.8 Å². The normalized spacial score (nSPS) is 11.3. The topological polar surface area (TPSA) is 320 Å². The highest BCUT2D eigenvalue weighted by Crippen LogP contribution is 2.30. The minimum absolute atomic E-state index is 0.0640. The molecule has 8 aromatic rings. The number of ether oxygens (including phenoxy) is 2. The van der Waals surface area contributed by atoms with Gasteiger partial charge in [-0.15, -0.1) is 0 Å². The number of aromatic nitrogens is 10. The molecule has 6 heterocycles. The SMILES string of the molecule is CCCS(=O)(=O)Nc1ccc(F)c(C(=O)c2c[nH]c3ncc(-c4cnc(OC)nc4)nc23)c1F.CCCS(=O)(=O)Nc1ccc(F)c(C(=O)c2c[nH]c3ncc(Br)nc23)c1F.COc1ncc(B(O)O)cn1. The van der Waals surface area contributed by atoms with Crippen molar-refractivity contribution < 1.29 is 63.5 Å². The maximum Gasteiger partial charge on any atom is 0.491 e. The van der Waals surface area contributed by atoms with Crippen molar-refractivity contribution in [3.05, 3.63) is 124 Å². The van der Waals surface area contributed by atoms with Crippen molar-refractivity contribution in [2.45, 2.75) is 26.7 Å². The Morgan fingerprint density at radius 2 is 1.08 bits per heavy atom. The number of fused-ring (bicyclic) bond motifs is 2. The van der Waals surface area contributed by atoms with E-state index in [9.17, 15) is 39.6 Å². The fourth-order valence-corrected chi connectivity index (χ4v) is 8.83. The van der Waals surface area contributed by atoms with Crippen LogP contribution in [0.15, 0.2) is 78.4 Å². The van der Waals surface area contributed by atoms with Gasteiger partial charge in [-0.2, -0.15) is 0 Å². The number of nitrogens with zero attached hydrogens (tertiary/aromatic N) is 8. The summed E-state index contributed by atoms with van der Waals surface area (Å²) in [7, 11) is -6.36. The molecule has 0 spiro atoms. The maximum atomic E-state index is 15.1. The molecule has 2 aromatic carbocycles. The quantitative estimate of drug-likeness (QED) is 0.0436. The Morgan fingerprint density at radius 3 is 1.51 bits per heavy atom. The van der Waals surface area contributed by atoms with Crippen LogP contribution in [0.2, 0.25) is 0 Å². The summed E-state index contributed by atoms with van der Waals surface area (Å²) in [6, 6.07) is 3.85. The molecule has 0 unspecified atom stereocenters. The molecule has 72 heavy (non-hydrogen) atoms. The van der Waals surface area contributed by atoms with Crippen LogP contribution in [0, 0.1) is 23.3 Å². The largest absolute Gasteiger partial charge is 0.491 e. The van der Waals surface area contributed by atoms with Crippen LogP contribution in [0.1, 0.15) is 58.5 Å². The molecule has 22 nitrogen and oxygen atoms in total. The molecule has 0 aliphatic heterocycles. The molecule has 0 fully saturated rings. The summed E-state index contributed by atoms with van der Waals surface area (Å²) < 4.78 is 121. The lowest BCUT2D eigenvalue weighted by atomic mass is 9.83. The molecule has 0 bridgehead atoms. The van der Waals surface area contributed by atoms with Gasteiger partial charge in [-0.3, -0.25) is 19.0 Å². The number of carbonyl (C=O) groups is 2. The first-order valence-corrected chi connectivity index (χ1v) is 24.8. The van der Waals surface area contributed by atoms with Gasteiger partial charge in [-0.25, -0.2) is 74.3 Å². The van der Waals surface area contributed by atoms with Crippen molar-refractivity contribution in [3.8, 4) is 23.3 Å². The van der Waals surface area contributed by atoms with Gasteiger partial charge < -0.3 is 29.5 Å². The van der Waals surface area contributed by atoms with E-state index in [1.54, 1.807) is 13.8 Å². The average Bonchev–Trinajstić information content (AvgIpc) is 3.98. The van der Waals surface area contributed by atoms with Crippen LogP contribution in [0.5, 0.6) is 12.0 Å². The first kappa shape index (κ1) is 53.8. The molecule has 0 saturated heterocycles. The number of sulfonamides is 2. The second-order valence-corrected chi connectivity index (χ2v) is 19.1. The number of halogens is 5. The van der Waals surface area contributed by atoms with E-state index in [0.717, 1.165) is 24.3 Å². The summed E-state index contributed by atoms with van der Waals surface area (Å²) in [5, 5.41) is 17.2. The van der Waals surface area contributed by atoms with E-state index >= 15 is 4.39 Å². The van der Waals surface area contributed by atoms with Gasteiger partial charge in [-0.05, 0) is 53.0 Å². The van der Waals surface area contributed by atoms with E-state index in [2.05, 4.69) is 75.2 Å². The molecule has 8 rings (SSSR count). The van der Waals surface area contributed by atoms with Gasteiger partial charge in [0.1, 0.15) is 27.3 Å². The van der Waals surface area contributed by atoms with E-state index in [1.165, 1.54) is 63.8 Å². The van der Waals surface area contributed by atoms with Crippen LogP contribution in [-0.4, -0.2) is 121 Å². The Labute approximate surface area is 414 Å². The summed E-state index contributed by atoms with van der Waals surface area (Å²) >= 11 is 3.12. The van der Waals surface area contributed by atoms with Gasteiger partial charge in [0.15, 0.2) is 22.9 Å². The zero-order chi connectivity index (χ0) is 52.5. The number of aromatic amines is 2. The molecule has 6 N–H and O–H groups in total. The third kappa shape index (κ3) is 12.7. The summed E-state index contributed by atoms with van der Waals surface area (Å²) in [4.78, 5) is 63.3. The summed E-state index contributed by atoms with van der Waals surface area (Å²) in [5.74, 6) is -7.41. The van der Waals surface area contributed by atoms with E-state index in [4.69, 9.17) is 14.8 Å². The molecular weight excluding hydrogens is 1060 g/mol. The number of carbonyl (C=O) groups excluding carboxylic acids is 2. The minimum Gasteiger partial charge on any atom is -0.467 e. The number of hydrogen-bond donors (Lipinski definition) is 6. The Hall–Kier alpha value is -7.54. The number of ketones is 2. The molecule has 0 amide bonds. The number of nitrogens with one attached hydrogen (secondary N) is 4. The molecule has 0 atom stereocenters. The van der Waals surface area contributed by atoms with E-state index in [1.807, 2.05) is 4.72 Å². The van der Waals surface area contributed by atoms with Gasteiger partial charge in [0.25, 0.3) is 0 Å². The lowest BCUT2D eigenvalue weighted by molar-refractivity contribution is 0.102. The number of benzene rings is 2. The predicted octanol–water partition coefficient (Wildman–Crippen LogP) is 4.63. The van der Waals surface area contributed by atoms with Gasteiger partial charge in [0.2, 0.25) is 31.6 Å². The molecule has 0 aliphatic carbocycles. The Bertz CT molecular complexity index is 3510. The summed E-state index contributed by atoms with van der Waals surface area (Å²) in [5.41, 5.74) is -1.37. The Kier molecular flexibility index (Phi) is 17.3. The van der Waals surface area contributed by atoms with Crippen molar-refractivity contribution >= 4 is 93.8 Å². The minimum atomic E-state index is -3.87. The van der Waals surface area contributed by atoms with Crippen LogP contribution in [0.4, 0.5) is 28.9 Å². The summed E-state index contributed by atoms with van der Waals surface area (Å²) in [6.45, 7) is 3.28. The monoisotopic (exact) mass is 1100 g/mol. The van der Waals surface area contributed by atoms with Crippen LogP contribution in [0.3, 0.4) is 0 Å². The smallest absolute Gasteiger partial charge is 0.467 e. The van der Waals surface area contributed by atoms with Crippen molar-refractivity contribution in [2.24, 2.45) is 0 Å².